The summed E-state index contributed by atoms with van der Waals surface area (Å²) in [7, 11) is 2.19. The second kappa shape index (κ2) is 15.1. The lowest BCUT2D eigenvalue weighted by Crippen LogP contribution is -2.51. The quantitative estimate of drug-likeness (QED) is 0.415. The molecule has 3 fully saturated rings. The topological polar surface area (TPSA) is 105 Å². The average Bonchev–Trinajstić information content (AvgIpc) is 3.30. The van der Waals surface area contributed by atoms with Crippen LogP contribution in [0.4, 0.5) is 16.2 Å². The standard InChI is InChI=1S/C35H50ClN7O3S/c1-24-18-25(20-30(36)33(24)37)19-27(34(45)42-13-5-28(6-14-42)40-10-3-9-39(2)16-17-40)21-32(44)41-11-7-29(8-12-41)43-15-4-26-22-47-23-31(26)38-35(43)46/h18,20,22-23,27-29H,3-17,19,21,37H2,1-2H3,(H,38,46)/t27-/m0/s1. The minimum absolute atomic E-state index is 0.00539. The van der Waals surface area contributed by atoms with Gasteiger partial charge in [0.05, 0.1) is 22.3 Å². The maximum absolute atomic E-state index is 14.2. The number of amides is 4. The Kier molecular flexibility index (Phi) is 11.0. The summed E-state index contributed by atoms with van der Waals surface area (Å²) in [5.41, 5.74) is 10.6. The number of halogens is 1. The van der Waals surface area contributed by atoms with Crippen LogP contribution in [0.2, 0.25) is 5.02 Å². The van der Waals surface area contributed by atoms with Gasteiger partial charge in [0.1, 0.15) is 0 Å². The fourth-order valence-corrected chi connectivity index (χ4v) is 9.00. The van der Waals surface area contributed by atoms with E-state index in [4.69, 9.17) is 17.3 Å². The Morgan fingerprint density at radius 2 is 1.68 bits per heavy atom. The molecule has 5 heterocycles. The Labute approximate surface area is 288 Å². The molecule has 1 aromatic carbocycles. The molecule has 10 nitrogen and oxygen atoms in total. The van der Waals surface area contributed by atoms with Gasteiger partial charge in [0.25, 0.3) is 0 Å². The lowest BCUT2D eigenvalue weighted by molar-refractivity contribution is -0.143. The number of thiophene rings is 1. The first-order valence-electron chi connectivity index (χ1n) is 17.3. The number of benzene rings is 1. The number of nitrogen functional groups attached to an aromatic ring is 1. The maximum atomic E-state index is 14.2. The number of carbonyl (C=O) groups excluding carboxylic acids is 3. The maximum Gasteiger partial charge on any atom is 0.322 e. The Morgan fingerprint density at radius 1 is 0.957 bits per heavy atom. The van der Waals surface area contributed by atoms with Crippen molar-refractivity contribution in [1.29, 1.82) is 0 Å². The molecule has 4 aliphatic rings. The highest BCUT2D eigenvalue weighted by Gasteiger charge is 2.35. The van der Waals surface area contributed by atoms with Gasteiger partial charge in [-0.05, 0) is 100 Å². The van der Waals surface area contributed by atoms with Crippen LogP contribution in [0.3, 0.4) is 0 Å². The summed E-state index contributed by atoms with van der Waals surface area (Å²) in [6.45, 7) is 9.63. The van der Waals surface area contributed by atoms with E-state index < -0.39 is 5.92 Å². The zero-order chi connectivity index (χ0) is 33.1. The molecule has 256 valence electrons. The van der Waals surface area contributed by atoms with Gasteiger partial charge in [-0.3, -0.25) is 14.5 Å². The van der Waals surface area contributed by atoms with Crippen molar-refractivity contribution in [3.05, 3.63) is 44.6 Å². The van der Waals surface area contributed by atoms with Gasteiger partial charge in [0, 0.05) is 69.7 Å². The Morgan fingerprint density at radius 3 is 2.43 bits per heavy atom. The van der Waals surface area contributed by atoms with Crippen molar-refractivity contribution in [2.45, 2.75) is 70.4 Å². The molecule has 47 heavy (non-hydrogen) atoms. The van der Waals surface area contributed by atoms with E-state index in [1.165, 1.54) is 12.0 Å². The Bertz CT molecular complexity index is 1410. The molecular formula is C35H50ClN7O3S. The summed E-state index contributed by atoms with van der Waals surface area (Å²) in [4.78, 5) is 51.8. The van der Waals surface area contributed by atoms with Crippen LogP contribution in [0.25, 0.3) is 0 Å². The van der Waals surface area contributed by atoms with Crippen LogP contribution in [-0.4, -0.2) is 120 Å². The number of likely N-dealkylation sites (N-methyl/N-ethyl adjacent to an activating group) is 1. The fourth-order valence-electron chi connectivity index (χ4n) is 7.89. The molecule has 6 rings (SSSR count). The number of fused-ring (bicyclic) bond motifs is 1. The van der Waals surface area contributed by atoms with Crippen molar-refractivity contribution in [2.24, 2.45) is 5.92 Å². The van der Waals surface area contributed by atoms with Crippen LogP contribution < -0.4 is 11.1 Å². The number of urea groups is 1. The van der Waals surface area contributed by atoms with Gasteiger partial charge in [0.2, 0.25) is 11.8 Å². The smallest absolute Gasteiger partial charge is 0.322 e. The second-order valence-electron chi connectivity index (χ2n) is 14.0. The van der Waals surface area contributed by atoms with E-state index in [0.29, 0.717) is 42.8 Å². The number of likely N-dealkylation sites (tertiary alicyclic amines) is 2. The first kappa shape index (κ1) is 34.0. The van der Waals surface area contributed by atoms with Crippen molar-refractivity contribution in [2.75, 3.05) is 77.0 Å². The summed E-state index contributed by atoms with van der Waals surface area (Å²) in [5.74, 6) is -0.412. The number of nitrogens with one attached hydrogen (secondary N) is 1. The first-order chi connectivity index (χ1) is 22.7. The lowest BCUT2D eigenvalue weighted by atomic mass is 9.91. The van der Waals surface area contributed by atoms with E-state index in [1.807, 2.05) is 39.1 Å². The third kappa shape index (κ3) is 8.07. The Hall–Kier alpha value is -2.86. The molecule has 2 aromatic rings. The predicted octanol–water partition coefficient (Wildman–Crippen LogP) is 4.55. The van der Waals surface area contributed by atoms with Crippen LogP contribution in [0.5, 0.6) is 0 Å². The third-order valence-corrected chi connectivity index (χ3v) is 11.9. The van der Waals surface area contributed by atoms with Gasteiger partial charge in [0.15, 0.2) is 0 Å². The summed E-state index contributed by atoms with van der Waals surface area (Å²) in [6.07, 6.45) is 6.02. The van der Waals surface area contributed by atoms with Crippen molar-refractivity contribution in [3.8, 4) is 0 Å². The molecule has 0 aliphatic carbocycles. The molecule has 0 saturated carbocycles. The van der Waals surface area contributed by atoms with Crippen LogP contribution >= 0.6 is 22.9 Å². The van der Waals surface area contributed by atoms with Crippen molar-refractivity contribution in [3.63, 3.8) is 0 Å². The summed E-state index contributed by atoms with van der Waals surface area (Å²) in [6, 6.07) is 4.37. The zero-order valence-electron chi connectivity index (χ0n) is 27.9. The minimum atomic E-state index is -0.474. The van der Waals surface area contributed by atoms with Crippen LogP contribution in [0, 0.1) is 12.8 Å². The van der Waals surface area contributed by atoms with Gasteiger partial charge in [-0.2, -0.15) is 0 Å². The van der Waals surface area contributed by atoms with Gasteiger partial charge in [-0.1, -0.05) is 17.7 Å². The van der Waals surface area contributed by atoms with E-state index >= 15 is 0 Å². The molecule has 0 bridgehead atoms. The molecular weight excluding hydrogens is 634 g/mol. The number of rotatable bonds is 7. The molecule has 3 saturated heterocycles. The number of anilines is 2. The number of hydrogen-bond acceptors (Lipinski definition) is 7. The highest BCUT2D eigenvalue weighted by Crippen LogP contribution is 2.30. The minimum Gasteiger partial charge on any atom is -0.397 e. The summed E-state index contributed by atoms with van der Waals surface area (Å²) >= 11 is 8.06. The number of nitrogens with two attached hydrogens (primary N) is 1. The van der Waals surface area contributed by atoms with Gasteiger partial charge in [-0.25, -0.2) is 4.79 Å². The van der Waals surface area contributed by atoms with Crippen LogP contribution in [-0.2, 0) is 22.4 Å². The average molecular weight is 684 g/mol. The van der Waals surface area contributed by atoms with E-state index in [0.717, 1.165) is 88.2 Å². The molecule has 4 amide bonds. The monoisotopic (exact) mass is 683 g/mol. The zero-order valence-corrected chi connectivity index (χ0v) is 29.5. The van der Waals surface area contributed by atoms with Crippen molar-refractivity contribution in [1.82, 2.24) is 24.5 Å². The molecule has 1 aromatic heterocycles. The van der Waals surface area contributed by atoms with Crippen LogP contribution in [0.1, 0.15) is 55.2 Å². The van der Waals surface area contributed by atoms with E-state index in [-0.39, 0.29) is 30.3 Å². The molecule has 0 unspecified atom stereocenters. The molecule has 0 radical (unpaired) electrons. The largest absolute Gasteiger partial charge is 0.397 e. The van der Waals surface area contributed by atoms with Gasteiger partial charge >= 0.3 is 6.03 Å². The molecule has 3 N–H and O–H groups in total. The number of carbonyl (C=O) groups is 3. The van der Waals surface area contributed by atoms with Crippen molar-refractivity contribution < 1.29 is 14.4 Å². The van der Waals surface area contributed by atoms with Crippen LogP contribution in [0.15, 0.2) is 22.9 Å². The number of nitrogens with zero attached hydrogens (tertiary/aromatic N) is 5. The second-order valence-corrected chi connectivity index (χ2v) is 15.1. The van der Waals surface area contributed by atoms with E-state index in [1.54, 1.807) is 11.3 Å². The van der Waals surface area contributed by atoms with E-state index in [2.05, 4.69) is 27.5 Å². The SMILES string of the molecule is Cc1cc(C[C@@H](CC(=O)N2CCC(N3CCc4cscc4NC3=O)CC2)C(=O)N2CCC(N3CCCN(C)CC3)CC2)cc(Cl)c1N. The van der Waals surface area contributed by atoms with Crippen molar-refractivity contribution >= 4 is 52.2 Å². The number of aryl methyl sites for hydroxylation is 1. The molecule has 0 spiro atoms. The molecule has 4 aliphatic heterocycles. The predicted molar refractivity (Wildman–Crippen MR) is 189 cm³/mol. The lowest BCUT2D eigenvalue weighted by Gasteiger charge is -2.40. The normalized spacial score (nSPS) is 21.6. The number of piperidine rings is 2. The Balaban J connectivity index is 1.08. The highest BCUT2D eigenvalue weighted by molar-refractivity contribution is 7.08. The summed E-state index contributed by atoms with van der Waals surface area (Å²) in [5, 5.41) is 7.65. The fraction of sp³-hybridized carbons (Fsp3) is 0.629. The van der Waals surface area contributed by atoms with Gasteiger partial charge < -0.3 is 30.7 Å². The summed E-state index contributed by atoms with van der Waals surface area (Å²) < 4.78 is 0. The third-order valence-electron chi connectivity index (χ3n) is 10.8. The molecule has 1 atom stereocenters. The highest BCUT2D eigenvalue weighted by atomic mass is 35.5. The van der Waals surface area contributed by atoms with Gasteiger partial charge in [-0.15, -0.1) is 11.3 Å². The number of hydrogen-bond donors (Lipinski definition) is 2. The first-order valence-corrected chi connectivity index (χ1v) is 18.6. The molecule has 12 heteroatoms. The van der Waals surface area contributed by atoms with E-state index in [9.17, 15) is 14.4 Å².